The monoisotopic (exact) mass is 476 g/mol. The standard InChI is InChI=1S/C27H28N2O4S/c1-27(2,34-16-13-18-11-14-28-15-12-18)24(25(30)31)29-26(32)33-17-23-21-9-5-3-7-19(21)20-8-4-6-10-22(20)23/h3-12,14-15,23-24H,13,16-17H2,1-2H3,(H,29,32)(H,30,31). The predicted molar refractivity (Wildman–Crippen MR) is 134 cm³/mol. The Labute approximate surface area is 203 Å². The molecule has 176 valence electrons. The van der Waals surface area contributed by atoms with Crippen LogP contribution in [-0.2, 0) is 16.0 Å². The van der Waals surface area contributed by atoms with E-state index in [1.54, 1.807) is 12.4 Å². The number of nitrogens with one attached hydrogen (secondary N) is 1. The van der Waals surface area contributed by atoms with Crippen molar-refractivity contribution in [1.82, 2.24) is 10.3 Å². The van der Waals surface area contributed by atoms with Crippen LogP contribution in [0.2, 0.25) is 0 Å². The number of thioether (sulfide) groups is 1. The molecule has 1 atom stereocenters. The highest BCUT2D eigenvalue weighted by atomic mass is 32.2. The van der Waals surface area contributed by atoms with E-state index in [0.29, 0.717) is 5.75 Å². The zero-order valence-corrected chi connectivity index (χ0v) is 20.0. The molecule has 0 fully saturated rings. The van der Waals surface area contributed by atoms with Crippen molar-refractivity contribution < 1.29 is 19.4 Å². The van der Waals surface area contributed by atoms with Crippen LogP contribution in [0.4, 0.5) is 4.79 Å². The Hall–Kier alpha value is -3.32. The minimum Gasteiger partial charge on any atom is -0.480 e. The van der Waals surface area contributed by atoms with Gasteiger partial charge in [-0.25, -0.2) is 9.59 Å². The number of rotatable bonds is 9. The molecule has 3 aromatic rings. The number of amides is 1. The summed E-state index contributed by atoms with van der Waals surface area (Å²) in [5.41, 5.74) is 5.63. The first-order valence-electron chi connectivity index (χ1n) is 11.2. The number of carbonyl (C=O) groups excluding carboxylic acids is 1. The van der Waals surface area contributed by atoms with Crippen molar-refractivity contribution in [3.63, 3.8) is 0 Å². The highest BCUT2D eigenvalue weighted by molar-refractivity contribution is 8.00. The smallest absolute Gasteiger partial charge is 0.407 e. The molecule has 34 heavy (non-hydrogen) atoms. The molecule has 0 radical (unpaired) electrons. The van der Waals surface area contributed by atoms with Crippen LogP contribution in [0.5, 0.6) is 0 Å². The summed E-state index contributed by atoms with van der Waals surface area (Å²) < 4.78 is 4.83. The number of pyridine rings is 1. The van der Waals surface area contributed by atoms with Crippen LogP contribution in [0.1, 0.15) is 36.5 Å². The number of fused-ring (bicyclic) bond motifs is 3. The number of carboxylic acid groups (broad SMARTS) is 1. The number of hydrogen-bond donors (Lipinski definition) is 2. The first kappa shape index (κ1) is 23.8. The molecular weight excluding hydrogens is 448 g/mol. The van der Waals surface area contributed by atoms with Gasteiger partial charge in [-0.15, -0.1) is 0 Å². The number of carboxylic acids is 1. The highest BCUT2D eigenvalue weighted by Gasteiger charge is 2.38. The van der Waals surface area contributed by atoms with Crippen LogP contribution < -0.4 is 5.32 Å². The summed E-state index contributed by atoms with van der Waals surface area (Å²) in [4.78, 5) is 28.7. The van der Waals surface area contributed by atoms with Gasteiger partial charge < -0.3 is 15.2 Å². The number of benzene rings is 2. The summed E-state index contributed by atoms with van der Waals surface area (Å²) in [6.07, 6.45) is 3.54. The fourth-order valence-electron chi connectivity index (χ4n) is 4.36. The van der Waals surface area contributed by atoms with Gasteiger partial charge in [0.1, 0.15) is 12.6 Å². The Balaban J connectivity index is 1.37. The SMILES string of the molecule is CC(C)(SCCc1ccncc1)C(NC(=O)OCC1c2ccccc2-c2ccccc21)C(=O)O. The van der Waals surface area contributed by atoms with E-state index in [1.165, 1.54) is 11.8 Å². The van der Waals surface area contributed by atoms with Crippen LogP contribution in [0.25, 0.3) is 11.1 Å². The second-order valence-corrected chi connectivity index (χ2v) is 10.5. The average Bonchev–Trinajstić information content (AvgIpc) is 3.15. The fourth-order valence-corrected chi connectivity index (χ4v) is 5.55. The Morgan fingerprint density at radius 1 is 1.03 bits per heavy atom. The van der Waals surface area contributed by atoms with Gasteiger partial charge in [0.25, 0.3) is 0 Å². The number of alkyl carbamates (subject to hydrolysis) is 1. The number of aromatic nitrogens is 1. The van der Waals surface area contributed by atoms with Crippen molar-refractivity contribution in [2.24, 2.45) is 0 Å². The van der Waals surface area contributed by atoms with Crippen LogP contribution >= 0.6 is 11.8 Å². The van der Waals surface area contributed by atoms with Gasteiger partial charge >= 0.3 is 12.1 Å². The van der Waals surface area contributed by atoms with Gasteiger partial charge in [-0.3, -0.25) is 4.98 Å². The molecule has 1 aliphatic rings. The van der Waals surface area contributed by atoms with Gasteiger partial charge in [0, 0.05) is 23.1 Å². The lowest BCUT2D eigenvalue weighted by molar-refractivity contribution is -0.140. The van der Waals surface area contributed by atoms with Crippen LogP contribution in [0.3, 0.4) is 0 Å². The Morgan fingerprint density at radius 2 is 1.62 bits per heavy atom. The maximum atomic E-state index is 12.7. The number of aryl methyl sites for hydroxylation is 1. The third-order valence-electron chi connectivity index (χ3n) is 6.16. The Bertz CT molecular complexity index is 1120. The number of hydrogen-bond acceptors (Lipinski definition) is 5. The summed E-state index contributed by atoms with van der Waals surface area (Å²) in [6, 6.07) is 19.0. The highest BCUT2D eigenvalue weighted by Crippen LogP contribution is 2.44. The first-order chi connectivity index (χ1) is 16.4. The maximum absolute atomic E-state index is 12.7. The molecule has 1 aliphatic carbocycles. The lowest BCUT2D eigenvalue weighted by Gasteiger charge is -2.31. The van der Waals surface area contributed by atoms with Crippen LogP contribution in [0.15, 0.2) is 73.1 Å². The molecule has 1 aromatic heterocycles. The average molecular weight is 477 g/mol. The van der Waals surface area contributed by atoms with Gasteiger partial charge in [0.2, 0.25) is 0 Å². The topological polar surface area (TPSA) is 88.5 Å². The van der Waals surface area contributed by atoms with Crippen molar-refractivity contribution in [3.05, 3.63) is 89.7 Å². The third-order valence-corrected chi connectivity index (χ3v) is 7.55. The molecule has 2 aromatic carbocycles. The lowest BCUT2D eigenvalue weighted by atomic mass is 9.98. The molecule has 1 unspecified atom stereocenters. The molecule has 0 aliphatic heterocycles. The molecule has 1 amide bonds. The van der Waals surface area contributed by atoms with E-state index in [-0.39, 0.29) is 12.5 Å². The van der Waals surface area contributed by atoms with E-state index in [1.807, 2.05) is 62.4 Å². The minimum atomic E-state index is -1.09. The number of carbonyl (C=O) groups is 2. The minimum absolute atomic E-state index is 0.0795. The number of aliphatic carboxylic acids is 1. The summed E-state index contributed by atoms with van der Waals surface area (Å²) in [7, 11) is 0. The second kappa shape index (κ2) is 10.3. The molecule has 6 nitrogen and oxygen atoms in total. The fraction of sp³-hybridized carbons (Fsp3) is 0.296. The Kier molecular flexibility index (Phi) is 7.22. The van der Waals surface area contributed by atoms with E-state index in [2.05, 4.69) is 22.4 Å². The maximum Gasteiger partial charge on any atom is 0.407 e. The van der Waals surface area contributed by atoms with Gasteiger partial charge in [0.05, 0.1) is 0 Å². The molecule has 0 bridgehead atoms. The molecule has 1 heterocycles. The van der Waals surface area contributed by atoms with E-state index in [0.717, 1.165) is 34.2 Å². The van der Waals surface area contributed by atoms with Crippen molar-refractivity contribution in [2.75, 3.05) is 12.4 Å². The van der Waals surface area contributed by atoms with Gasteiger partial charge in [0.15, 0.2) is 0 Å². The first-order valence-corrected chi connectivity index (χ1v) is 12.2. The van der Waals surface area contributed by atoms with Gasteiger partial charge in [-0.1, -0.05) is 48.5 Å². The summed E-state index contributed by atoms with van der Waals surface area (Å²) in [6.45, 7) is 3.79. The molecule has 0 saturated carbocycles. The van der Waals surface area contributed by atoms with E-state index < -0.39 is 22.9 Å². The van der Waals surface area contributed by atoms with Crippen molar-refractivity contribution in [2.45, 2.75) is 37.0 Å². The zero-order valence-electron chi connectivity index (χ0n) is 19.2. The van der Waals surface area contributed by atoms with Gasteiger partial charge in [-0.2, -0.15) is 11.8 Å². The quantitative estimate of drug-likeness (QED) is 0.445. The second-order valence-electron chi connectivity index (χ2n) is 8.80. The summed E-state index contributed by atoms with van der Waals surface area (Å²) in [5, 5.41) is 12.4. The largest absolute Gasteiger partial charge is 0.480 e. The molecular formula is C27H28N2O4S. The molecule has 2 N–H and O–H groups in total. The third kappa shape index (κ3) is 5.25. The Morgan fingerprint density at radius 3 is 2.21 bits per heavy atom. The van der Waals surface area contributed by atoms with E-state index in [9.17, 15) is 14.7 Å². The molecule has 4 rings (SSSR count). The molecule has 0 saturated heterocycles. The lowest BCUT2D eigenvalue weighted by Crippen LogP contribution is -2.53. The summed E-state index contributed by atoms with van der Waals surface area (Å²) in [5.74, 6) is -0.452. The zero-order chi connectivity index (χ0) is 24.1. The number of ether oxygens (including phenoxy) is 1. The van der Waals surface area contributed by atoms with Crippen molar-refractivity contribution in [3.8, 4) is 11.1 Å². The van der Waals surface area contributed by atoms with E-state index in [4.69, 9.17) is 4.74 Å². The van der Waals surface area contributed by atoms with Crippen molar-refractivity contribution in [1.29, 1.82) is 0 Å². The number of nitrogens with zero attached hydrogens (tertiary/aromatic N) is 1. The van der Waals surface area contributed by atoms with Gasteiger partial charge in [-0.05, 0) is 66.0 Å². The van der Waals surface area contributed by atoms with Crippen molar-refractivity contribution >= 4 is 23.8 Å². The molecule has 0 spiro atoms. The summed E-state index contributed by atoms with van der Waals surface area (Å²) >= 11 is 1.51. The van der Waals surface area contributed by atoms with Crippen LogP contribution in [0, 0.1) is 0 Å². The van der Waals surface area contributed by atoms with Crippen LogP contribution in [-0.4, -0.2) is 45.3 Å². The van der Waals surface area contributed by atoms with E-state index >= 15 is 0 Å². The normalized spacial score (nSPS) is 13.6. The molecule has 7 heteroatoms. The predicted octanol–water partition coefficient (Wildman–Crippen LogP) is 5.13.